The molecule has 22 heavy (non-hydrogen) atoms. The Kier molecular flexibility index (Phi) is 5.92. The molecular weight excluding hydrogens is 305 g/mol. The van der Waals surface area contributed by atoms with Crippen LogP contribution in [0.3, 0.4) is 0 Å². The Hall–Kier alpha value is -1.91. The van der Waals surface area contributed by atoms with Crippen LogP contribution in [0.15, 0.2) is 48.5 Å². The second kappa shape index (κ2) is 7.92. The first-order chi connectivity index (χ1) is 10.5. The molecule has 0 saturated carbocycles. The van der Waals surface area contributed by atoms with Crippen molar-refractivity contribution in [1.82, 2.24) is 5.32 Å². The number of aliphatic hydroxyl groups is 1. The van der Waals surface area contributed by atoms with Crippen LogP contribution in [-0.2, 0) is 11.2 Å². The van der Waals surface area contributed by atoms with E-state index in [0.717, 1.165) is 5.56 Å². The molecule has 1 atom stereocenters. The van der Waals surface area contributed by atoms with E-state index in [-0.39, 0.29) is 18.3 Å². The smallest absolute Gasteiger partial charge is 0.220 e. The van der Waals surface area contributed by atoms with Gasteiger partial charge in [0.15, 0.2) is 0 Å². The molecule has 2 N–H and O–H groups in total. The number of aryl methyl sites for hydroxylation is 1. The normalized spacial score (nSPS) is 12.0. The Morgan fingerprint density at radius 1 is 1.23 bits per heavy atom. The van der Waals surface area contributed by atoms with Crippen LogP contribution in [-0.4, -0.2) is 17.6 Å². The van der Waals surface area contributed by atoms with Crippen molar-refractivity contribution in [3.8, 4) is 0 Å². The van der Waals surface area contributed by atoms with Crippen molar-refractivity contribution in [1.29, 1.82) is 0 Å². The Morgan fingerprint density at radius 2 is 1.95 bits per heavy atom. The van der Waals surface area contributed by atoms with Gasteiger partial charge in [-0.3, -0.25) is 4.79 Å². The van der Waals surface area contributed by atoms with Gasteiger partial charge in [-0.05, 0) is 41.8 Å². The monoisotopic (exact) mass is 321 g/mol. The average molecular weight is 322 g/mol. The number of amides is 1. The van der Waals surface area contributed by atoms with Crippen LogP contribution in [0.2, 0.25) is 5.02 Å². The van der Waals surface area contributed by atoms with Crippen molar-refractivity contribution >= 4 is 17.5 Å². The Balaban J connectivity index is 1.76. The summed E-state index contributed by atoms with van der Waals surface area (Å²) in [7, 11) is 0. The second-order valence-corrected chi connectivity index (χ2v) is 5.44. The Morgan fingerprint density at radius 3 is 2.64 bits per heavy atom. The molecule has 2 aromatic rings. The van der Waals surface area contributed by atoms with Crippen LogP contribution < -0.4 is 5.32 Å². The maximum Gasteiger partial charge on any atom is 0.220 e. The molecule has 2 rings (SSSR count). The zero-order valence-corrected chi connectivity index (χ0v) is 12.7. The van der Waals surface area contributed by atoms with Gasteiger partial charge in [0.2, 0.25) is 5.91 Å². The van der Waals surface area contributed by atoms with Crippen molar-refractivity contribution in [3.63, 3.8) is 0 Å². The molecular formula is C17H17ClFNO2. The molecule has 0 aliphatic carbocycles. The maximum atomic E-state index is 12.8. The molecule has 0 aliphatic heterocycles. The molecule has 0 aliphatic rings. The average Bonchev–Trinajstić information content (AvgIpc) is 2.51. The summed E-state index contributed by atoms with van der Waals surface area (Å²) in [6.45, 7) is 0.0972. The number of hydrogen-bond donors (Lipinski definition) is 2. The largest absolute Gasteiger partial charge is 0.387 e. The molecule has 0 heterocycles. The summed E-state index contributed by atoms with van der Waals surface area (Å²) >= 11 is 5.88. The molecule has 116 valence electrons. The van der Waals surface area contributed by atoms with E-state index < -0.39 is 6.10 Å². The second-order valence-electron chi connectivity index (χ2n) is 5.00. The molecule has 5 heteroatoms. The minimum absolute atomic E-state index is 0.0972. The van der Waals surface area contributed by atoms with E-state index in [9.17, 15) is 14.3 Å². The van der Waals surface area contributed by atoms with Gasteiger partial charge in [-0.1, -0.05) is 35.9 Å². The van der Waals surface area contributed by atoms with Gasteiger partial charge in [-0.15, -0.1) is 0 Å². The van der Waals surface area contributed by atoms with Gasteiger partial charge in [0.05, 0.1) is 6.10 Å². The SMILES string of the molecule is O=C(CCc1cccc(Cl)c1)NCC(O)c1ccc(F)cc1. The lowest BCUT2D eigenvalue weighted by Crippen LogP contribution is -2.28. The summed E-state index contributed by atoms with van der Waals surface area (Å²) in [5, 5.41) is 13.2. The fourth-order valence-corrected chi connectivity index (χ4v) is 2.26. The summed E-state index contributed by atoms with van der Waals surface area (Å²) in [6.07, 6.45) is 0.0471. The van der Waals surface area contributed by atoms with E-state index in [0.29, 0.717) is 23.4 Å². The molecule has 0 aromatic heterocycles. The number of nitrogens with one attached hydrogen (secondary N) is 1. The van der Waals surface area contributed by atoms with Crippen LogP contribution in [0.1, 0.15) is 23.7 Å². The summed E-state index contributed by atoms with van der Waals surface area (Å²) in [4.78, 5) is 11.8. The van der Waals surface area contributed by atoms with Crippen LogP contribution >= 0.6 is 11.6 Å². The lowest BCUT2D eigenvalue weighted by molar-refractivity contribution is -0.121. The number of halogens is 2. The third-order valence-electron chi connectivity index (χ3n) is 3.28. The van der Waals surface area contributed by atoms with E-state index in [4.69, 9.17) is 11.6 Å². The van der Waals surface area contributed by atoms with Crippen molar-refractivity contribution in [3.05, 3.63) is 70.5 Å². The first-order valence-corrected chi connectivity index (χ1v) is 7.37. The zero-order valence-electron chi connectivity index (χ0n) is 11.9. The topological polar surface area (TPSA) is 49.3 Å². The molecule has 3 nitrogen and oxygen atoms in total. The van der Waals surface area contributed by atoms with Crippen LogP contribution in [0.25, 0.3) is 0 Å². The Bertz CT molecular complexity index is 631. The highest BCUT2D eigenvalue weighted by molar-refractivity contribution is 6.30. The van der Waals surface area contributed by atoms with E-state index in [1.165, 1.54) is 24.3 Å². The standard InChI is InChI=1S/C17H17ClFNO2/c18-14-3-1-2-12(10-14)4-9-17(22)20-11-16(21)13-5-7-15(19)8-6-13/h1-3,5-8,10,16,21H,4,9,11H2,(H,20,22). The van der Waals surface area contributed by atoms with Crippen molar-refractivity contribution in [2.45, 2.75) is 18.9 Å². The van der Waals surface area contributed by atoms with Crippen molar-refractivity contribution in [2.75, 3.05) is 6.54 Å². The number of carbonyl (C=O) groups excluding carboxylic acids is 1. The van der Waals surface area contributed by atoms with E-state index in [2.05, 4.69) is 5.32 Å². The minimum atomic E-state index is -0.851. The molecule has 2 aromatic carbocycles. The quantitative estimate of drug-likeness (QED) is 0.858. The molecule has 1 amide bonds. The van der Waals surface area contributed by atoms with E-state index in [1.54, 1.807) is 6.07 Å². The number of aliphatic hydroxyl groups excluding tert-OH is 1. The number of hydrogen-bond acceptors (Lipinski definition) is 2. The van der Waals surface area contributed by atoms with Gasteiger partial charge in [-0.25, -0.2) is 4.39 Å². The van der Waals surface area contributed by atoms with Gasteiger partial charge >= 0.3 is 0 Å². The summed E-state index contributed by atoms with van der Waals surface area (Å²) in [5.74, 6) is -0.511. The lowest BCUT2D eigenvalue weighted by Gasteiger charge is -2.12. The highest BCUT2D eigenvalue weighted by Gasteiger charge is 2.09. The van der Waals surface area contributed by atoms with Crippen molar-refractivity contribution < 1.29 is 14.3 Å². The van der Waals surface area contributed by atoms with Gasteiger partial charge in [-0.2, -0.15) is 0 Å². The molecule has 0 saturated heterocycles. The van der Waals surface area contributed by atoms with Gasteiger partial charge < -0.3 is 10.4 Å². The lowest BCUT2D eigenvalue weighted by atomic mass is 10.1. The summed E-state index contributed by atoms with van der Waals surface area (Å²) < 4.78 is 12.8. The van der Waals surface area contributed by atoms with Crippen LogP contribution in [0.4, 0.5) is 4.39 Å². The van der Waals surface area contributed by atoms with Gasteiger partial charge in [0, 0.05) is 18.0 Å². The van der Waals surface area contributed by atoms with Crippen molar-refractivity contribution in [2.24, 2.45) is 0 Å². The third kappa shape index (κ3) is 5.13. The van der Waals surface area contributed by atoms with Gasteiger partial charge in [0.25, 0.3) is 0 Å². The fourth-order valence-electron chi connectivity index (χ4n) is 2.05. The first kappa shape index (κ1) is 16.5. The van der Waals surface area contributed by atoms with Crippen LogP contribution in [0, 0.1) is 5.82 Å². The predicted molar refractivity (Wildman–Crippen MR) is 84.1 cm³/mol. The van der Waals surface area contributed by atoms with Gasteiger partial charge in [0.1, 0.15) is 5.82 Å². The third-order valence-corrected chi connectivity index (χ3v) is 3.51. The summed E-state index contributed by atoms with van der Waals surface area (Å²) in [6, 6.07) is 12.9. The zero-order chi connectivity index (χ0) is 15.9. The fraction of sp³-hybridized carbons (Fsp3) is 0.235. The number of benzene rings is 2. The highest BCUT2D eigenvalue weighted by atomic mass is 35.5. The number of rotatable bonds is 6. The number of carbonyl (C=O) groups is 1. The van der Waals surface area contributed by atoms with Crippen LogP contribution in [0.5, 0.6) is 0 Å². The first-order valence-electron chi connectivity index (χ1n) is 6.99. The van der Waals surface area contributed by atoms with E-state index >= 15 is 0 Å². The minimum Gasteiger partial charge on any atom is -0.387 e. The molecule has 0 bridgehead atoms. The summed E-state index contributed by atoms with van der Waals surface area (Å²) in [5.41, 5.74) is 1.55. The maximum absolute atomic E-state index is 12.8. The molecule has 1 unspecified atom stereocenters. The predicted octanol–water partition coefficient (Wildman–Crippen LogP) is 3.26. The molecule has 0 fully saturated rings. The Labute approximate surface area is 133 Å². The highest BCUT2D eigenvalue weighted by Crippen LogP contribution is 2.13. The van der Waals surface area contributed by atoms with E-state index in [1.807, 2.05) is 18.2 Å². The molecule has 0 radical (unpaired) electrons. The molecule has 0 spiro atoms.